The Kier molecular flexibility index (Phi) is 42.1. The van der Waals surface area contributed by atoms with Gasteiger partial charge < -0.3 is 87.8 Å². The summed E-state index contributed by atoms with van der Waals surface area (Å²) in [6, 6.07) is 69.3. The molecule has 35 heteroatoms. The van der Waals surface area contributed by atoms with E-state index >= 15 is 0 Å². The number of imidazole rings is 1. The molecule has 2 saturated carbocycles. The number of thiazole rings is 1. The first-order valence-corrected chi connectivity index (χ1v) is 52.4. The number of aromatic amines is 1. The van der Waals surface area contributed by atoms with Crippen molar-refractivity contribution < 1.29 is 27.5 Å². The second kappa shape index (κ2) is 55.0. The van der Waals surface area contributed by atoms with Crippen molar-refractivity contribution in [3.05, 3.63) is 271 Å². The van der Waals surface area contributed by atoms with Crippen LogP contribution in [-0.4, -0.2) is 236 Å². The molecule has 0 radical (unpaired) electrons. The number of fused-ring (bicyclic) bond motifs is 5. The van der Waals surface area contributed by atoms with E-state index in [1.165, 1.54) is 114 Å². The Bertz CT molecular complexity index is 6380. The Morgan fingerprint density at radius 3 is 1.56 bits per heavy atom. The van der Waals surface area contributed by atoms with Gasteiger partial charge in [0.05, 0.1) is 50.8 Å². The van der Waals surface area contributed by atoms with E-state index in [0.717, 1.165) is 161 Å². The maximum atomic E-state index is 11.7. The molecule has 13 aromatic rings. The van der Waals surface area contributed by atoms with Crippen molar-refractivity contribution in [3.63, 3.8) is 0 Å². The number of sulfonamides is 1. The van der Waals surface area contributed by atoms with Crippen LogP contribution in [0.4, 0.5) is 88.0 Å². The minimum Gasteiger partial charge on any atom is -0.444 e. The van der Waals surface area contributed by atoms with Gasteiger partial charge in [0, 0.05) is 267 Å². The zero-order valence-corrected chi connectivity index (χ0v) is 90.4. The first kappa shape index (κ1) is 112. The maximum absolute atomic E-state index is 11.7. The number of hydrogen-bond acceptors (Lipinski definition) is 24. The van der Waals surface area contributed by atoms with Crippen molar-refractivity contribution in [1.29, 1.82) is 0 Å². The number of hydrogen-bond donors (Lipinski definition) is 13. The molecule has 21 rings (SSSR count). The van der Waals surface area contributed by atoms with Crippen LogP contribution in [0, 0.1) is 0 Å². The molecule has 0 spiro atoms. The van der Waals surface area contributed by atoms with Crippen molar-refractivity contribution in [2.24, 2.45) is 21.1 Å². The number of carbonyl (C=O) groups excluding carboxylic acids is 3. The molecule has 146 heavy (non-hydrogen) atoms. The summed E-state index contributed by atoms with van der Waals surface area (Å²) in [7, 11) is 25.7. The smallest absolute Gasteiger partial charge is 0.410 e. The zero-order valence-electron chi connectivity index (χ0n) is 88.8. The molecular weight excluding hydrogens is 1870 g/mol. The Balaban J connectivity index is 0.000000153. The van der Waals surface area contributed by atoms with Crippen LogP contribution in [0.1, 0.15) is 119 Å². The number of amides is 5. The maximum Gasteiger partial charge on any atom is 0.410 e. The van der Waals surface area contributed by atoms with Gasteiger partial charge in [-0.25, -0.2) is 37.5 Å². The van der Waals surface area contributed by atoms with Crippen LogP contribution in [0.5, 0.6) is 0 Å². The molecular formula is C111H153N27O6S2. The quantitative estimate of drug-likeness (QED) is 0.0337. The Morgan fingerprint density at radius 2 is 1.07 bits per heavy atom. The first-order valence-electron chi connectivity index (χ1n) is 50.1. The second-order valence-electron chi connectivity index (χ2n) is 37.3. The lowest BCUT2D eigenvalue weighted by Gasteiger charge is -2.26. The summed E-state index contributed by atoms with van der Waals surface area (Å²) < 4.78 is 36.4. The largest absolute Gasteiger partial charge is 0.444 e. The van der Waals surface area contributed by atoms with Crippen molar-refractivity contribution in [3.8, 4) is 33.0 Å². The molecule has 8 aliphatic rings. The van der Waals surface area contributed by atoms with Gasteiger partial charge in [0.25, 0.3) is 0 Å². The highest BCUT2D eigenvalue weighted by atomic mass is 32.2. The minimum atomic E-state index is -3.33. The summed E-state index contributed by atoms with van der Waals surface area (Å²) in [5, 5.41) is 47.8. The lowest BCUT2D eigenvalue weighted by molar-refractivity contribution is 0.0291. The average molecular weight is 2030 g/mol. The topological polar surface area (TPSA) is 353 Å². The fourth-order valence-corrected chi connectivity index (χ4v) is 18.9. The van der Waals surface area contributed by atoms with E-state index in [-0.39, 0.29) is 23.1 Å². The predicted molar refractivity (Wildman–Crippen MR) is 606 cm³/mol. The van der Waals surface area contributed by atoms with Crippen LogP contribution in [0.25, 0.3) is 33.0 Å². The Hall–Kier alpha value is -14.6. The highest BCUT2D eigenvalue weighted by Gasteiger charge is 2.32. The number of H-pyrrole nitrogens is 1. The number of likely N-dealkylation sites (N-methyl/N-ethyl adjacent to an activating group) is 3. The van der Waals surface area contributed by atoms with Crippen LogP contribution in [0.3, 0.4) is 0 Å². The number of nitrogens with zero attached hydrogens (tertiary/aromatic N) is 14. The summed E-state index contributed by atoms with van der Waals surface area (Å²) in [5.41, 5.74) is 25.2. The summed E-state index contributed by atoms with van der Waals surface area (Å²) in [5.74, 6) is 3.71. The molecule has 0 unspecified atom stereocenters. The third kappa shape index (κ3) is 33.2. The Morgan fingerprint density at radius 1 is 0.527 bits per heavy atom. The number of anilines is 13. The molecule has 10 heterocycles. The normalized spacial score (nSPS) is 14.7. The molecule has 13 N–H and O–H groups in total. The molecule has 3 saturated heterocycles. The molecule has 1 atom stereocenters. The van der Waals surface area contributed by atoms with E-state index in [9.17, 15) is 22.8 Å². The standard InChI is InChI=1S/C15H17N3S.C11H15N3O.C11H13N3.C10H13N3O.C10H11N3.C10H20N2O2.C10H13N.C9H14N2O2S.C9H11N.2C8H13N3/c1-9(2)17-15-18-13-7-5-10-4-6-11(16-3)8-12(10)14(13)19-15;1-12-9-4-3-5-10(8-9)14-7-6-13(2)11(14)15;1-12-10-5-3-4-9(8-10)11-6-7-14(2)13-11;1-11-8-3-2-4-9(7-8)13-6-5-12-10(13)14;1-11-9-4-2-3-8(5-9)10-6-12-7-13-10;1-10(2,3)14-9(13)12-6-5-8(7-12)11-4;1-11-8-4-6-9-5-2-3-7-10(9)11;1-3-11-14(12,13)9-6-4-5-8(7-9)10-2;1-10-7-6-8-4-2-3-5-9(8)10;2*1-9-8-5-7(6-3-4-6)10-11(8)2/h4,6,8,16H,1,5,7H2,2-3H3,(H,17,18);3-5,8,12H,6-7H2,1-2H3;3-8,12H,1-2H3;2-4,7,11H,5-6H2,1H3,(H,12,14);2-7,11H,1H3,(H,12,13);8,11H,5-7H2,1-4H3;2-3,5,7H,4,6,8H2,1H3;4-7,10-11H,3H2,1-2H3;2-5H,6-7H2,1H3;2*5-6,9H,3-4H2,1-2H3/t;;;;;8-;;;;;/m.....0...../s1. The number of para-hydroxylation sites is 2. The number of allylic oxidation sites excluding steroid dienone is 1. The van der Waals surface area contributed by atoms with Crippen LogP contribution in [-0.2, 0) is 61.6 Å². The molecule has 33 nitrogen and oxygen atoms in total. The minimum absolute atomic E-state index is 0.0155. The number of ether oxygens (including phenoxy) is 1. The van der Waals surface area contributed by atoms with Gasteiger partial charge >= 0.3 is 18.2 Å². The number of carbonyl (C=O) groups is 3. The lowest BCUT2D eigenvalue weighted by Crippen LogP contribution is -2.37. The van der Waals surface area contributed by atoms with Crippen LogP contribution in [0.15, 0.2) is 242 Å². The van der Waals surface area contributed by atoms with Gasteiger partial charge in [0.15, 0.2) is 5.13 Å². The highest BCUT2D eigenvalue weighted by Crippen LogP contribution is 2.43. The van der Waals surface area contributed by atoms with Gasteiger partial charge in [0.2, 0.25) is 10.0 Å². The molecule has 5 amide bonds. The van der Waals surface area contributed by atoms with E-state index in [1.807, 2.05) is 225 Å². The van der Waals surface area contributed by atoms with Crippen LogP contribution >= 0.6 is 11.3 Å². The Labute approximate surface area is 868 Å². The van der Waals surface area contributed by atoms with Crippen LogP contribution in [0.2, 0.25) is 0 Å². The fourth-order valence-electron chi connectivity index (χ4n) is 16.7. The van der Waals surface area contributed by atoms with Crippen molar-refractivity contribution >= 4 is 113 Å². The zero-order chi connectivity index (χ0) is 105. The summed E-state index contributed by atoms with van der Waals surface area (Å²) >= 11 is 1.71. The summed E-state index contributed by atoms with van der Waals surface area (Å²) in [6.45, 7) is 20.6. The molecule has 0 bridgehead atoms. The number of urea groups is 2. The molecule has 5 aromatic heterocycles. The highest BCUT2D eigenvalue weighted by molar-refractivity contribution is 7.89. The number of benzene rings is 8. The van der Waals surface area contributed by atoms with Crippen molar-refractivity contribution in [2.45, 2.75) is 127 Å². The van der Waals surface area contributed by atoms with Gasteiger partial charge in [0.1, 0.15) is 17.2 Å². The van der Waals surface area contributed by atoms with Gasteiger partial charge in [-0.05, 0) is 230 Å². The fraction of sp³-hybridized carbons (Fsp3) is 0.387. The average Bonchev–Trinajstić information content (AvgIpc) is 1.62. The lowest BCUT2D eigenvalue weighted by atomic mass is 9.93. The second-order valence-corrected chi connectivity index (χ2v) is 40.1. The van der Waals surface area contributed by atoms with Gasteiger partial charge in [-0.1, -0.05) is 110 Å². The van der Waals surface area contributed by atoms with E-state index in [2.05, 4.69) is 221 Å². The molecule has 8 aromatic carbocycles. The number of likely N-dealkylation sites (tertiary alicyclic amines) is 1. The van der Waals surface area contributed by atoms with Crippen LogP contribution < -0.4 is 82.8 Å². The predicted octanol–water partition coefficient (Wildman–Crippen LogP) is 19.7. The molecule has 5 aliphatic heterocycles. The van der Waals surface area contributed by atoms with E-state index < -0.39 is 15.6 Å². The summed E-state index contributed by atoms with van der Waals surface area (Å²) in [6.07, 6.45) is 17.4. The third-order valence-electron chi connectivity index (χ3n) is 25.2. The van der Waals surface area contributed by atoms with E-state index in [1.54, 1.807) is 74.1 Å². The first-order chi connectivity index (χ1) is 70.3. The third-order valence-corrected chi connectivity index (χ3v) is 27.7. The van der Waals surface area contributed by atoms with Crippen molar-refractivity contribution in [2.75, 3.05) is 211 Å². The number of aryl methyl sites for hydroxylation is 6. The number of aromatic nitrogens is 9. The molecule has 3 aliphatic carbocycles. The van der Waals surface area contributed by atoms with E-state index in [4.69, 9.17) is 4.74 Å². The molecule has 5 fully saturated rings. The number of nitrogens with one attached hydrogen (secondary N) is 13. The van der Waals surface area contributed by atoms with Gasteiger partial charge in [-0.15, -0.1) is 0 Å². The van der Waals surface area contributed by atoms with E-state index in [0.29, 0.717) is 12.6 Å². The monoisotopic (exact) mass is 2020 g/mol. The SMILES string of the molecule is C=C(C)Nc1nc2c(s1)-c1cc(NC)ccc1CC2.CCNS(=O)(=O)c1cccc(NC)c1.CN1CCCc2ccccc21.CN1CCc2ccccc21.CN[C@H]1CCN(C(=O)OC(C)(C)C)C1.CNc1cc(C2CC2)nn1C.CNc1cc(C2CC2)nn1C.CNc1cccc(-c2ccn(C)n2)c1.CNc1cccc(-c2cnc[nH]2)c1.CNc1cccc(N2CCN(C)C2=O)c1.CNc1cccc(N2CCNC2=O)c1. The van der Waals surface area contributed by atoms with Gasteiger partial charge in [-0.2, -0.15) is 15.3 Å². The number of rotatable bonds is 20. The van der Waals surface area contributed by atoms with Crippen molar-refractivity contribution in [1.82, 2.24) is 69.4 Å². The summed E-state index contributed by atoms with van der Waals surface area (Å²) in [4.78, 5) is 59.6. The van der Waals surface area contributed by atoms with Gasteiger partial charge in [-0.3, -0.25) is 23.8 Å². The molecule has 780 valence electrons.